The van der Waals surface area contributed by atoms with Crippen molar-refractivity contribution in [3.05, 3.63) is 15.6 Å². The molecule has 2 heterocycles. The Labute approximate surface area is 110 Å². The molecule has 1 aromatic rings. The van der Waals surface area contributed by atoms with Gasteiger partial charge in [0.1, 0.15) is 4.88 Å². The van der Waals surface area contributed by atoms with Crippen LogP contribution in [0.3, 0.4) is 0 Å². The number of hydrogen-bond donors (Lipinski definition) is 1. The Morgan fingerprint density at radius 3 is 2.78 bits per heavy atom. The molecule has 0 saturated carbocycles. The van der Waals surface area contributed by atoms with Gasteiger partial charge in [-0.05, 0) is 12.8 Å². The predicted octanol–water partition coefficient (Wildman–Crippen LogP) is 1.70. The fourth-order valence-corrected chi connectivity index (χ4v) is 5.05. The van der Waals surface area contributed by atoms with E-state index in [1.165, 1.54) is 0 Å². The van der Waals surface area contributed by atoms with Crippen molar-refractivity contribution < 1.29 is 18.3 Å². The van der Waals surface area contributed by atoms with Crippen LogP contribution in [0.4, 0.5) is 0 Å². The Morgan fingerprint density at radius 2 is 2.28 bits per heavy atom. The summed E-state index contributed by atoms with van der Waals surface area (Å²) in [5.41, 5.74) is 0.592. The highest BCUT2D eigenvalue weighted by Gasteiger charge is 2.32. The molecular formula is C11H15NO4S2. The van der Waals surface area contributed by atoms with Gasteiger partial charge in [0, 0.05) is 5.92 Å². The first kappa shape index (κ1) is 13.5. The van der Waals surface area contributed by atoms with E-state index >= 15 is 0 Å². The third kappa shape index (κ3) is 2.72. The third-order valence-electron chi connectivity index (χ3n) is 2.98. The largest absolute Gasteiger partial charge is 0.477 e. The van der Waals surface area contributed by atoms with Gasteiger partial charge < -0.3 is 5.11 Å². The Bertz CT molecular complexity index is 562. The Morgan fingerprint density at radius 1 is 1.56 bits per heavy atom. The highest BCUT2D eigenvalue weighted by molar-refractivity contribution is 7.91. The van der Waals surface area contributed by atoms with Crippen molar-refractivity contribution in [3.8, 4) is 0 Å². The number of carboxylic acids is 1. The lowest BCUT2D eigenvalue weighted by molar-refractivity contribution is 0.0700. The molecule has 7 heteroatoms. The Hall–Kier alpha value is -0.950. The van der Waals surface area contributed by atoms with Gasteiger partial charge in [-0.2, -0.15) is 0 Å². The van der Waals surface area contributed by atoms with Crippen LogP contribution in [-0.2, 0) is 16.3 Å². The molecule has 5 nitrogen and oxygen atoms in total. The minimum atomic E-state index is -2.96. The van der Waals surface area contributed by atoms with E-state index in [0.29, 0.717) is 23.5 Å². The summed E-state index contributed by atoms with van der Waals surface area (Å²) < 4.78 is 22.9. The van der Waals surface area contributed by atoms with Gasteiger partial charge in [-0.15, -0.1) is 11.3 Å². The number of aromatic carboxylic acids is 1. The standard InChI is InChI=1S/C11H15NO4S2/c1-2-3-8-9(11(13)14)17-10(12-8)7-4-5-18(15,16)6-7/h7H,2-6H2,1H3,(H,13,14). The van der Waals surface area contributed by atoms with Crippen LogP contribution in [0.1, 0.15) is 46.1 Å². The molecule has 2 rings (SSSR count). The topological polar surface area (TPSA) is 84.3 Å². The van der Waals surface area contributed by atoms with E-state index in [1.54, 1.807) is 0 Å². The first-order valence-corrected chi connectivity index (χ1v) is 8.50. The van der Waals surface area contributed by atoms with E-state index in [4.69, 9.17) is 5.11 Å². The fraction of sp³-hybridized carbons (Fsp3) is 0.636. The second kappa shape index (κ2) is 4.97. The van der Waals surface area contributed by atoms with Gasteiger partial charge in [0.05, 0.1) is 22.2 Å². The molecule has 1 saturated heterocycles. The average Bonchev–Trinajstić information content (AvgIpc) is 2.82. The van der Waals surface area contributed by atoms with Crippen molar-refractivity contribution >= 4 is 27.1 Å². The zero-order valence-corrected chi connectivity index (χ0v) is 11.7. The maximum Gasteiger partial charge on any atom is 0.347 e. The molecule has 1 atom stereocenters. The number of thiazole rings is 1. The molecule has 1 aliphatic rings. The first-order valence-electron chi connectivity index (χ1n) is 5.86. The van der Waals surface area contributed by atoms with Crippen molar-refractivity contribution in [2.24, 2.45) is 0 Å². The van der Waals surface area contributed by atoms with Crippen LogP contribution in [0.15, 0.2) is 0 Å². The van der Waals surface area contributed by atoms with Gasteiger partial charge >= 0.3 is 5.97 Å². The van der Waals surface area contributed by atoms with Gasteiger partial charge in [0.15, 0.2) is 9.84 Å². The highest BCUT2D eigenvalue weighted by Crippen LogP contribution is 2.33. The quantitative estimate of drug-likeness (QED) is 0.912. The maximum absolute atomic E-state index is 11.4. The summed E-state index contributed by atoms with van der Waals surface area (Å²) in [6, 6.07) is 0. The number of rotatable bonds is 4. The number of aromatic nitrogens is 1. The van der Waals surface area contributed by atoms with Crippen LogP contribution in [0, 0.1) is 0 Å². The zero-order chi connectivity index (χ0) is 13.3. The zero-order valence-electron chi connectivity index (χ0n) is 10.0. The number of carbonyl (C=O) groups is 1. The van der Waals surface area contributed by atoms with E-state index in [2.05, 4.69) is 4.98 Å². The lowest BCUT2D eigenvalue weighted by Gasteiger charge is -2.00. The van der Waals surface area contributed by atoms with Crippen molar-refractivity contribution in [3.63, 3.8) is 0 Å². The Kier molecular flexibility index (Phi) is 3.72. The summed E-state index contributed by atoms with van der Waals surface area (Å²) in [6.07, 6.45) is 2.00. The summed E-state index contributed by atoms with van der Waals surface area (Å²) in [4.78, 5) is 15.7. The van der Waals surface area contributed by atoms with E-state index in [9.17, 15) is 13.2 Å². The minimum Gasteiger partial charge on any atom is -0.477 e. The molecule has 0 aliphatic carbocycles. The third-order valence-corrected chi connectivity index (χ3v) is 5.99. The summed E-state index contributed by atoms with van der Waals surface area (Å²) in [6.45, 7) is 1.96. The second-order valence-electron chi connectivity index (χ2n) is 4.48. The molecular weight excluding hydrogens is 274 g/mol. The van der Waals surface area contributed by atoms with E-state index in [0.717, 1.165) is 17.8 Å². The normalized spacial score (nSPS) is 22.2. The van der Waals surface area contributed by atoms with Crippen LogP contribution in [0.25, 0.3) is 0 Å². The van der Waals surface area contributed by atoms with E-state index in [-0.39, 0.29) is 22.3 Å². The van der Waals surface area contributed by atoms with E-state index < -0.39 is 15.8 Å². The summed E-state index contributed by atoms with van der Waals surface area (Å²) in [5.74, 6) is -0.805. The number of aryl methyl sites for hydroxylation is 1. The monoisotopic (exact) mass is 289 g/mol. The van der Waals surface area contributed by atoms with Gasteiger partial charge in [0.2, 0.25) is 0 Å². The molecule has 1 unspecified atom stereocenters. The maximum atomic E-state index is 11.4. The first-order chi connectivity index (χ1) is 8.43. The van der Waals surface area contributed by atoms with Gasteiger partial charge in [0.25, 0.3) is 0 Å². The van der Waals surface area contributed by atoms with E-state index in [1.807, 2.05) is 6.92 Å². The van der Waals surface area contributed by atoms with Crippen LogP contribution in [-0.4, -0.2) is 36.0 Å². The van der Waals surface area contributed by atoms with Crippen LogP contribution >= 0.6 is 11.3 Å². The summed E-state index contributed by atoms with van der Waals surface area (Å²) in [5, 5.41) is 9.77. The number of hydrogen-bond acceptors (Lipinski definition) is 5. The SMILES string of the molecule is CCCc1nc(C2CCS(=O)(=O)C2)sc1C(=O)O. The van der Waals surface area contributed by atoms with Crippen molar-refractivity contribution in [1.29, 1.82) is 0 Å². The van der Waals surface area contributed by atoms with Crippen molar-refractivity contribution in [1.82, 2.24) is 4.98 Å². The lowest BCUT2D eigenvalue weighted by Crippen LogP contribution is -2.03. The molecule has 100 valence electrons. The smallest absolute Gasteiger partial charge is 0.347 e. The Balaban J connectivity index is 2.30. The number of nitrogens with zero attached hydrogens (tertiary/aromatic N) is 1. The molecule has 1 fully saturated rings. The molecule has 0 amide bonds. The molecule has 1 aliphatic heterocycles. The second-order valence-corrected chi connectivity index (χ2v) is 7.74. The molecule has 0 bridgehead atoms. The number of carboxylic acid groups (broad SMARTS) is 1. The summed E-state index contributed by atoms with van der Waals surface area (Å²) >= 11 is 1.13. The molecule has 1 N–H and O–H groups in total. The summed E-state index contributed by atoms with van der Waals surface area (Å²) in [7, 11) is -2.96. The predicted molar refractivity (Wildman–Crippen MR) is 69.1 cm³/mol. The van der Waals surface area contributed by atoms with Gasteiger partial charge in [-0.3, -0.25) is 0 Å². The molecule has 0 spiro atoms. The lowest BCUT2D eigenvalue weighted by atomic mass is 10.1. The molecule has 18 heavy (non-hydrogen) atoms. The van der Waals surface area contributed by atoms with Crippen LogP contribution in [0.2, 0.25) is 0 Å². The molecule has 0 aromatic carbocycles. The number of sulfone groups is 1. The van der Waals surface area contributed by atoms with Crippen molar-refractivity contribution in [2.45, 2.75) is 32.1 Å². The molecule has 1 aromatic heterocycles. The van der Waals surface area contributed by atoms with Crippen molar-refractivity contribution in [2.75, 3.05) is 11.5 Å². The van der Waals surface area contributed by atoms with Crippen LogP contribution in [0.5, 0.6) is 0 Å². The van der Waals surface area contributed by atoms with Gasteiger partial charge in [-0.1, -0.05) is 13.3 Å². The van der Waals surface area contributed by atoms with Crippen LogP contribution < -0.4 is 0 Å². The van der Waals surface area contributed by atoms with Gasteiger partial charge in [-0.25, -0.2) is 18.2 Å². The highest BCUT2D eigenvalue weighted by atomic mass is 32.2. The average molecular weight is 289 g/mol. The molecule has 0 radical (unpaired) electrons. The fourth-order valence-electron chi connectivity index (χ4n) is 2.11. The minimum absolute atomic E-state index is 0.102.